The minimum absolute atomic E-state index is 1.18. The van der Waals surface area contributed by atoms with Crippen molar-refractivity contribution in [2.24, 2.45) is 0 Å². The molecule has 0 spiro atoms. The number of hydrogen-bond donors (Lipinski definition) is 0. The summed E-state index contributed by atoms with van der Waals surface area (Å²) in [5.41, 5.74) is 6.72. The number of nitrogens with zero attached hydrogens (tertiary/aromatic N) is 1. The molecule has 0 aliphatic carbocycles. The maximum absolute atomic E-state index is 2.28. The van der Waals surface area contributed by atoms with Crippen molar-refractivity contribution in [1.29, 1.82) is 0 Å². The second-order valence-corrected chi connectivity index (χ2v) is 7.46. The quantitative estimate of drug-likeness (QED) is 0.369. The maximum Gasteiger partial charge on any atom is 0.0408 e. The van der Waals surface area contributed by atoms with E-state index in [-0.39, 0.29) is 0 Å². The van der Waals surface area contributed by atoms with Gasteiger partial charge in [0.2, 0.25) is 0 Å². The molecule has 3 aromatic rings. The van der Waals surface area contributed by atoms with E-state index in [4.69, 9.17) is 0 Å². The predicted molar refractivity (Wildman–Crippen MR) is 118 cm³/mol. The summed E-state index contributed by atoms with van der Waals surface area (Å²) < 4.78 is 0. The van der Waals surface area contributed by atoms with Crippen LogP contribution in [0.4, 0.5) is 11.4 Å². The summed E-state index contributed by atoms with van der Waals surface area (Å²) >= 11 is 0. The third-order valence-electron chi connectivity index (χ3n) is 5.27. The monoisotopic (exact) mass is 357 g/mol. The van der Waals surface area contributed by atoms with E-state index in [0.717, 1.165) is 0 Å². The van der Waals surface area contributed by atoms with Crippen LogP contribution in [0.3, 0.4) is 0 Å². The molecule has 1 heteroatoms. The Morgan fingerprint density at radius 3 is 1.59 bits per heavy atom. The molecular weight excluding hydrogens is 326 g/mol. The van der Waals surface area contributed by atoms with Gasteiger partial charge in [-0.2, -0.15) is 0 Å². The molecule has 0 radical (unpaired) electrons. The van der Waals surface area contributed by atoms with Gasteiger partial charge in [0.15, 0.2) is 0 Å². The molecule has 0 amide bonds. The second-order valence-electron chi connectivity index (χ2n) is 7.46. The van der Waals surface area contributed by atoms with E-state index in [2.05, 4.69) is 97.7 Å². The Hall–Kier alpha value is -2.54. The lowest BCUT2D eigenvalue weighted by Crippen LogP contribution is -2.08. The number of anilines is 2. The van der Waals surface area contributed by atoms with Gasteiger partial charge in [-0.15, -0.1) is 0 Å². The first-order valence-corrected chi connectivity index (χ1v) is 10.2. The number of rotatable bonds is 9. The van der Waals surface area contributed by atoms with Crippen LogP contribution in [0.2, 0.25) is 0 Å². The molecule has 27 heavy (non-hydrogen) atoms. The van der Waals surface area contributed by atoms with E-state index < -0.39 is 0 Å². The lowest BCUT2D eigenvalue weighted by Gasteiger charge is -2.19. The van der Waals surface area contributed by atoms with Gasteiger partial charge in [-0.1, -0.05) is 73.0 Å². The number of benzene rings is 3. The van der Waals surface area contributed by atoms with Crippen molar-refractivity contribution in [3.63, 3.8) is 0 Å². The molecule has 140 valence electrons. The molecule has 0 unspecified atom stereocenters. The van der Waals surface area contributed by atoms with E-state index in [1.807, 2.05) is 0 Å². The first kappa shape index (κ1) is 19.2. The second kappa shape index (κ2) is 9.97. The van der Waals surface area contributed by atoms with Crippen LogP contribution in [-0.2, 0) is 12.8 Å². The van der Waals surface area contributed by atoms with Gasteiger partial charge in [0, 0.05) is 18.4 Å². The van der Waals surface area contributed by atoms with E-state index >= 15 is 0 Å². The molecule has 0 aromatic heterocycles. The van der Waals surface area contributed by atoms with Crippen LogP contribution in [0.25, 0.3) is 0 Å². The van der Waals surface area contributed by atoms with Crippen LogP contribution in [0.1, 0.15) is 42.4 Å². The van der Waals surface area contributed by atoms with E-state index in [1.54, 1.807) is 0 Å². The maximum atomic E-state index is 2.28. The van der Waals surface area contributed by atoms with Crippen molar-refractivity contribution in [1.82, 2.24) is 0 Å². The zero-order chi connectivity index (χ0) is 18.9. The number of unbranched alkanes of at least 4 members (excludes halogenated alkanes) is 3. The molecule has 0 saturated heterocycles. The summed E-state index contributed by atoms with van der Waals surface area (Å²) in [5, 5.41) is 0. The zero-order valence-corrected chi connectivity index (χ0v) is 16.7. The van der Waals surface area contributed by atoms with Gasteiger partial charge in [0.1, 0.15) is 0 Å². The Bertz CT molecular complexity index is 788. The highest BCUT2D eigenvalue weighted by Gasteiger charge is 2.03. The Morgan fingerprint density at radius 2 is 1.04 bits per heavy atom. The van der Waals surface area contributed by atoms with Gasteiger partial charge in [-0.05, 0) is 68.0 Å². The minimum Gasteiger partial charge on any atom is -0.345 e. The standard InChI is InChI=1S/C26H31N/c1-22-14-16-23(17-15-22)10-6-3-4-7-11-24-18-20-26(21-19-24)27(2)25-12-8-5-9-13-25/h5,8-9,12-21H,3-4,6-7,10-11H2,1-2H3. The van der Waals surface area contributed by atoms with Crippen molar-refractivity contribution in [3.8, 4) is 0 Å². The number of aryl methyl sites for hydroxylation is 3. The molecule has 0 saturated carbocycles. The molecule has 0 bridgehead atoms. The summed E-state index contributed by atoms with van der Waals surface area (Å²) in [6.07, 6.45) is 7.60. The van der Waals surface area contributed by atoms with Gasteiger partial charge >= 0.3 is 0 Å². The largest absolute Gasteiger partial charge is 0.345 e. The van der Waals surface area contributed by atoms with Crippen molar-refractivity contribution < 1.29 is 0 Å². The van der Waals surface area contributed by atoms with Crippen LogP contribution < -0.4 is 4.90 Å². The summed E-state index contributed by atoms with van der Waals surface area (Å²) in [4.78, 5) is 2.23. The molecule has 0 fully saturated rings. The van der Waals surface area contributed by atoms with Crippen LogP contribution in [0.5, 0.6) is 0 Å². The van der Waals surface area contributed by atoms with E-state index in [9.17, 15) is 0 Å². The molecular formula is C26H31N. The van der Waals surface area contributed by atoms with Gasteiger partial charge < -0.3 is 4.90 Å². The predicted octanol–water partition coefficient (Wildman–Crippen LogP) is 7.11. The Kier molecular flexibility index (Phi) is 7.10. The highest BCUT2D eigenvalue weighted by Crippen LogP contribution is 2.23. The topological polar surface area (TPSA) is 3.24 Å². The summed E-state index contributed by atoms with van der Waals surface area (Å²) in [6, 6.07) is 28.5. The normalized spacial score (nSPS) is 10.7. The van der Waals surface area contributed by atoms with Crippen molar-refractivity contribution >= 4 is 11.4 Å². The molecule has 1 nitrogen and oxygen atoms in total. The highest BCUT2D eigenvalue weighted by atomic mass is 15.1. The summed E-state index contributed by atoms with van der Waals surface area (Å²) in [7, 11) is 2.12. The Balaban J connectivity index is 1.37. The van der Waals surface area contributed by atoms with Gasteiger partial charge in [-0.3, -0.25) is 0 Å². The Labute approximate surface area is 164 Å². The first-order chi connectivity index (χ1) is 13.2. The zero-order valence-electron chi connectivity index (χ0n) is 16.7. The molecule has 0 N–H and O–H groups in total. The van der Waals surface area contributed by atoms with Crippen LogP contribution in [-0.4, -0.2) is 7.05 Å². The lowest BCUT2D eigenvalue weighted by atomic mass is 10.0. The van der Waals surface area contributed by atoms with Crippen LogP contribution in [0, 0.1) is 6.92 Å². The highest BCUT2D eigenvalue weighted by molar-refractivity contribution is 5.62. The third-order valence-corrected chi connectivity index (χ3v) is 5.27. The molecule has 0 aliphatic rings. The van der Waals surface area contributed by atoms with Gasteiger partial charge in [0.05, 0.1) is 0 Å². The number of hydrogen-bond acceptors (Lipinski definition) is 1. The molecule has 3 rings (SSSR count). The van der Waals surface area contributed by atoms with E-state index in [0.29, 0.717) is 0 Å². The van der Waals surface area contributed by atoms with E-state index in [1.165, 1.54) is 66.6 Å². The van der Waals surface area contributed by atoms with Crippen molar-refractivity contribution in [2.45, 2.75) is 45.4 Å². The molecule has 0 aliphatic heterocycles. The van der Waals surface area contributed by atoms with Gasteiger partial charge in [-0.25, -0.2) is 0 Å². The third kappa shape index (κ3) is 5.99. The Morgan fingerprint density at radius 1 is 0.556 bits per heavy atom. The summed E-state index contributed by atoms with van der Waals surface area (Å²) in [5.74, 6) is 0. The van der Waals surface area contributed by atoms with Crippen molar-refractivity contribution in [3.05, 3.63) is 95.6 Å². The summed E-state index contributed by atoms with van der Waals surface area (Å²) in [6.45, 7) is 2.15. The van der Waals surface area contributed by atoms with Gasteiger partial charge in [0.25, 0.3) is 0 Å². The fourth-order valence-corrected chi connectivity index (χ4v) is 3.45. The minimum atomic E-state index is 1.18. The molecule has 0 atom stereocenters. The lowest BCUT2D eigenvalue weighted by molar-refractivity contribution is 0.640. The fourth-order valence-electron chi connectivity index (χ4n) is 3.45. The first-order valence-electron chi connectivity index (χ1n) is 10.2. The average molecular weight is 358 g/mol. The average Bonchev–Trinajstić information content (AvgIpc) is 2.72. The fraction of sp³-hybridized carbons (Fsp3) is 0.308. The van der Waals surface area contributed by atoms with Crippen molar-refractivity contribution in [2.75, 3.05) is 11.9 Å². The smallest absolute Gasteiger partial charge is 0.0408 e. The number of para-hydroxylation sites is 1. The van der Waals surface area contributed by atoms with Crippen LogP contribution in [0.15, 0.2) is 78.9 Å². The van der Waals surface area contributed by atoms with Crippen LogP contribution >= 0.6 is 0 Å². The SMILES string of the molecule is Cc1ccc(CCCCCCc2ccc(N(C)c3ccccc3)cc2)cc1. The molecule has 3 aromatic carbocycles. The molecule has 0 heterocycles.